The fourth-order valence-electron chi connectivity index (χ4n) is 3.04. The number of fused-ring (bicyclic) bond motifs is 1. The molecule has 0 aliphatic rings. The van der Waals surface area contributed by atoms with Gasteiger partial charge >= 0.3 is 6.18 Å². The molecule has 0 unspecified atom stereocenters. The van der Waals surface area contributed by atoms with E-state index in [9.17, 15) is 13.2 Å². The van der Waals surface area contributed by atoms with E-state index in [1.165, 1.54) is 4.57 Å². The van der Waals surface area contributed by atoms with E-state index in [0.717, 1.165) is 11.3 Å². The summed E-state index contributed by atoms with van der Waals surface area (Å²) in [4.78, 5) is 3.76. The molecule has 0 aliphatic heterocycles. The van der Waals surface area contributed by atoms with Crippen LogP contribution in [0.2, 0.25) is 0 Å². The molecule has 0 N–H and O–H groups in total. The zero-order valence-electron chi connectivity index (χ0n) is 14.9. The van der Waals surface area contributed by atoms with E-state index in [2.05, 4.69) is 11.6 Å². The Labute approximate surface area is 156 Å². The number of aromatic nitrogens is 2. The van der Waals surface area contributed by atoms with Gasteiger partial charge in [0.25, 0.3) is 0 Å². The van der Waals surface area contributed by atoms with Crippen molar-refractivity contribution in [3.63, 3.8) is 0 Å². The first-order chi connectivity index (χ1) is 13.0. The van der Waals surface area contributed by atoms with Crippen LogP contribution in [0.1, 0.15) is 24.2 Å². The summed E-state index contributed by atoms with van der Waals surface area (Å²) in [7, 11) is 0. The van der Waals surface area contributed by atoms with Gasteiger partial charge < -0.3 is 9.30 Å². The maximum absolute atomic E-state index is 13.3. The predicted octanol–water partition coefficient (Wildman–Crippen LogP) is 5.64. The second-order valence-corrected chi connectivity index (χ2v) is 6.23. The van der Waals surface area contributed by atoms with Crippen LogP contribution in [-0.4, -0.2) is 16.2 Å². The van der Waals surface area contributed by atoms with Gasteiger partial charge in [0.1, 0.15) is 5.75 Å². The molecule has 0 fully saturated rings. The normalized spacial score (nSPS) is 11.7. The number of unbranched alkanes of at least 4 members (excludes halogenated alkanes) is 1. The second kappa shape index (κ2) is 8.29. The van der Waals surface area contributed by atoms with E-state index in [0.29, 0.717) is 36.9 Å². The van der Waals surface area contributed by atoms with Crippen molar-refractivity contribution < 1.29 is 17.9 Å². The lowest BCUT2D eigenvalue weighted by molar-refractivity contribution is -0.147. The summed E-state index contributed by atoms with van der Waals surface area (Å²) in [6.45, 7) is 4.42. The first-order valence-electron chi connectivity index (χ1n) is 8.85. The molecular weight excluding hydrogens is 353 g/mol. The summed E-state index contributed by atoms with van der Waals surface area (Å²) in [5.41, 5.74) is 1.91. The van der Waals surface area contributed by atoms with Crippen LogP contribution in [0.4, 0.5) is 13.2 Å². The summed E-state index contributed by atoms with van der Waals surface area (Å²) in [5, 5.41) is 0. The molecule has 142 valence electrons. The van der Waals surface area contributed by atoms with Gasteiger partial charge in [0, 0.05) is 6.54 Å². The standard InChI is InChI=1S/C21H21F3N2O/c1-2-9-16-10-3-6-13-19(16)27-15-8-7-14-26-18-12-5-4-11-17(18)25-20(26)21(22,23)24/h2-6,10-13H,1,7-9,14-15H2. The number of ether oxygens (including phenoxy) is 1. The van der Waals surface area contributed by atoms with Crippen LogP contribution < -0.4 is 4.74 Å². The molecule has 27 heavy (non-hydrogen) atoms. The minimum absolute atomic E-state index is 0.243. The number of nitrogens with zero attached hydrogens (tertiary/aromatic N) is 2. The highest BCUT2D eigenvalue weighted by Crippen LogP contribution is 2.31. The monoisotopic (exact) mass is 374 g/mol. The lowest BCUT2D eigenvalue weighted by Crippen LogP contribution is -2.15. The van der Waals surface area contributed by atoms with Crippen molar-refractivity contribution in [1.82, 2.24) is 9.55 Å². The summed E-state index contributed by atoms with van der Waals surface area (Å²) in [6.07, 6.45) is -0.740. The fourth-order valence-corrected chi connectivity index (χ4v) is 3.04. The largest absolute Gasteiger partial charge is 0.493 e. The third kappa shape index (κ3) is 4.51. The highest BCUT2D eigenvalue weighted by atomic mass is 19.4. The smallest absolute Gasteiger partial charge is 0.449 e. The zero-order valence-corrected chi connectivity index (χ0v) is 14.9. The van der Waals surface area contributed by atoms with E-state index < -0.39 is 12.0 Å². The molecule has 0 bridgehead atoms. The van der Waals surface area contributed by atoms with E-state index in [4.69, 9.17) is 4.74 Å². The van der Waals surface area contributed by atoms with Crippen molar-refractivity contribution >= 4 is 11.0 Å². The molecule has 1 aromatic heterocycles. The Morgan fingerprint density at radius 1 is 1.04 bits per heavy atom. The highest BCUT2D eigenvalue weighted by Gasteiger charge is 2.37. The average Bonchev–Trinajstić information content (AvgIpc) is 3.02. The van der Waals surface area contributed by atoms with Gasteiger partial charge in [0.05, 0.1) is 17.6 Å². The van der Waals surface area contributed by atoms with Crippen LogP contribution >= 0.6 is 0 Å². The molecule has 0 aliphatic carbocycles. The van der Waals surface area contributed by atoms with Crippen LogP contribution in [0, 0.1) is 0 Å². The molecule has 0 radical (unpaired) electrons. The van der Waals surface area contributed by atoms with Crippen LogP contribution in [-0.2, 0) is 19.1 Å². The Balaban J connectivity index is 1.62. The fraction of sp³-hybridized carbons (Fsp3) is 0.286. The van der Waals surface area contributed by atoms with E-state index in [-0.39, 0.29) is 6.54 Å². The maximum Gasteiger partial charge on any atom is 0.449 e. The third-order valence-corrected chi connectivity index (χ3v) is 4.28. The van der Waals surface area contributed by atoms with Crippen molar-refractivity contribution in [2.75, 3.05) is 6.61 Å². The molecule has 2 aromatic carbocycles. The first-order valence-corrected chi connectivity index (χ1v) is 8.85. The Morgan fingerprint density at radius 2 is 1.78 bits per heavy atom. The maximum atomic E-state index is 13.3. The number of hydrogen-bond donors (Lipinski definition) is 0. The Hall–Kier alpha value is -2.76. The number of hydrogen-bond acceptors (Lipinski definition) is 2. The molecule has 0 saturated heterocycles. The molecule has 1 heterocycles. The van der Waals surface area contributed by atoms with Gasteiger partial charge in [-0.15, -0.1) is 6.58 Å². The van der Waals surface area contributed by atoms with Gasteiger partial charge in [-0.3, -0.25) is 0 Å². The quantitative estimate of drug-likeness (QED) is 0.377. The Bertz CT molecular complexity index is 915. The molecule has 3 nitrogen and oxygen atoms in total. The van der Waals surface area contributed by atoms with Gasteiger partial charge in [-0.05, 0) is 43.0 Å². The zero-order chi connectivity index (χ0) is 19.3. The molecule has 3 rings (SSSR count). The topological polar surface area (TPSA) is 27.1 Å². The summed E-state index contributed by atoms with van der Waals surface area (Å²) >= 11 is 0. The number of para-hydroxylation sites is 3. The SMILES string of the molecule is C=CCc1ccccc1OCCCCn1c(C(F)(F)F)nc2ccccc21. The number of alkyl halides is 3. The molecule has 0 saturated carbocycles. The molecule has 0 amide bonds. The van der Waals surface area contributed by atoms with Gasteiger partial charge in [-0.25, -0.2) is 4.98 Å². The highest BCUT2D eigenvalue weighted by molar-refractivity contribution is 5.76. The number of imidazole rings is 1. The predicted molar refractivity (Wildman–Crippen MR) is 99.8 cm³/mol. The summed E-state index contributed by atoms with van der Waals surface area (Å²) in [6, 6.07) is 14.4. The molecule has 6 heteroatoms. The average molecular weight is 374 g/mol. The molecular formula is C21H21F3N2O. The van der Waals surface area contributed by atoms with Crippen LogP contribution in [0.15, 0.2) is 61.2 Å². The lowest BCUT2D eigenvalue weighted by atomic mass is 10.1. The van der Waals surface area contributed by atoms with E-state index >= 15 is 0 Å². The van der Waals surface area contributed by atoms with Crippen molar-refractivity contribution in [3.8, 4) is 5.75 Å². The minimum Gasteiger partial charge on any atom is -0.493 e. The molecule has 3 aromatic rings. The van der Waals surface area contributed by atoms with Gasteiger partial charge in [0.2, 0.25) is 5.82 Å². The lowest BCUT2D eigenvalue weighted by Gasteiger charge is -2.12. The van der Waals surface area contributed by atoms with Crippen molar-refractivity contribution in [1.29, 1.82) is 0 Å². The number of benzene rings is 2. The first kappa shape index (κ1) is 19.0. The minimum atomic E-state index is -4.47. The molecule has 0 atom stereocenters. The molecule has 0 spiro atoms. The van der Waals surface area contributed by atoms with Crippen LogP contribution in [0.25, 0.3) is 11.0 Å². The van der Waals surface area contributed by atoms with Crippen LogP contribution in [0.5, 0.6) is 5.75 Å². The van der Waals surface area contributed by atoms with Gasteiger partial charge in [0.15, 0.2) is 0 Å². The van der Waals surface area contributed by atoms with Crippen molar-refractivity contribution in [2.24, 2.45) is 0 Å². The van der Waals surface area contributed by atoms with E-state index in [1.54, 1.807) is 24.3 Å². The Morgan fingerprint density at radius 3 is 2.56 bits per heavy atom. The summed E-state index contributed by atoms with van der Waals surface area (Å²) in [5.74, 6) is -0.0533. The van der Waals surface area contributed by atoms with Gasteiger partial charge in [-0.2, -0.15) is 13.2 Å². The van der Waals surface area contributed by atoms with E-state index in [1.807, 2.05) is 30.3 Å². The number of aryl methyl sites for hydroxylation is 1. The van der Waals surface area contributed by atoms with Crippen molar-refractivity contribution in [2.45, 2.75) is 32.0 Å². The Kier molecular flexibility index (Phi) is 5.84. The number of halogens is 3. The number of allylic oxidation sites excluding steroid dienone is 1. The van der Waals surface area contributed by atoms with Crippen molar-refractivity contribution in [3.05, 3.63) is 72.6 Å². The van der Waals surface area contributed by atoms with Crippen LogP contribution in [0.3, 0.4) is 0 Å². The number of rotatable bonds is 8. The van der Waals surface area contributed by atoms with Gasteiger partial charge in [-0.1, -0.05) is 36.4 Å². The second-order valence-electron chi connectivity index (χ2n) is 6.23. The summed E-state index contributed by atoms with van der Waals surface area (Å²) < 4.78 is 46.9. The third-order valence-electron chi connectivity index (χ3n) is 4.28.